The van der Waals surface area contributed by atoms with Crippen LogP contribution in [-0.2, 0) is 21.4 Å². The molecule has 0 aliphatic heterocycles. The fourth-order valence-corrected chi connectivity index (χ4v) is 4.86. The number of aryl methyl sites for hydroxylation is 1. The highest BCUT2D eigenvalue weighted by Crippen LogP contribution is 2.28. The molecule has 0 unspecified atom stereocenters. The molecular weight excluding hydrogens is 556 g/mol. The Morgan fingerprint density at radius 3 is 2.15 bits per heavy atom. The van der Waals surface area contributed by atoms with Gasteiger partial charge in [-0.3, -0.25) is 4.72 Å². The molecule has 216 valence electrons. The van der Waals surface area contributed by atoms with Gasteiger partial charge in [0, 0.05) is 18.8 Å². The molecule has 13 heteroatoms. The third-order valence-corrected chi connectivity index (χ3v) is 7.02. The van der Waals surface area contributed by atoms with E-state index in [0.29, 0.717) is 24.3 Å². The smallest absolute Gasteiger partial charge is 0.478 e. The van der Waals surface area contributed by atoms with Gasteiger partial charge in [0.05, 0.1) is 16.1 Å². The Labute approximate surface area is 228 Å². The number of rotatable bonds is 10. The lowest BCUT2D eigenvalue weighted by molar-refractivity contribution is -0.192. The number of aromatic carboxylic acids is 1. The van der Waals surface area contributed by atoms with Gasteiger partial charge in [0.2, 0.25) is 0 Å². The van der Waals surface area contributed by atoms with Gasteiger partial charge in [0.15, 0.2) is 0 Å². The van der Waals surface area contributed by atoms with E-state index in [1.54, 1.807) is 13.0 Å². The first-order valence-electron chi connectivity index (χ1n) is 11.9. The largest absolute Gasteiger partial charge is 0.490 e. The number of anilines is 2. The van der Waals surface area contributed by atoms with E-state index in [-0.39, 0.29) is 16.1 Å². The topological polar surface area (TPSA) is 124 Å². The summed E-state index contributed by atoms with van der Waals surface area (Å²) in [7, 11) is -4.10. The average molecular weight is 585 g/mol. The number of carboxylic acid groups (broad SMARTS) is 2. The summed E-state index contributed by atoms with van der Waals surface area (Å²) in [4.78, 5) is 22.8. The number of carbonyl (C=O) groups is 2. The summed E-state index contributed by atoms with van der Waals surface area (Å²) in [5.74, 6) is -4.59. The minimum Gasteiger partial charge on any atom is -0.478 e. The molecule has 0 radical (unpaired) electrons. The second-order valence-electron chi connectivity index (χ2n) is 8.62. The van der Waals surface area contributed by atoms with Crippen LogP contribution in [0.25, 0.3) is 0 Å². The van der Waals surface area contributed by atoms with Gasteiger partial charge in [-0.2, -0.15) is 13.2 Å². The minimum atomic E-state index is -5.08. The summed E-state index contributed by atoms with van der Waals surface area (Å²) in [6.07, 6.45) is -3.27. The second-order valence-corrected chi connectivity index (χ2v) is 10.3. The van der Waals surface area contributed by atoms with Crippen LogP contribution in [-0.4, -0.2) is 43.3 Å². The van der Waals surface area contributed by atoms with Crippen LogP contribution in [0.5, 0.6) is 0 Å². The Kier molecular flexibility index (Phi) is 11.1. The fourth-order valence-electron chi connectivity index (χ4n) is 3.56. The highest BCUT2D eigenvalue weighted by Gasteiger charge is 2.38. The van der Waals surface area contributed by atoms with Crippen LogP contribution in [0.3, 0.4) is 0 Å². The Bertz CT molecular complexity index is 1430. The van der Waals surface area contributed by atoms with E-state index in [1.165, 1.54) is 24.3 Å². The van der Waals surface area contributed by atoms with Gasteiger partial charge in [0.1, 0.15) is 5.82 Å². The van der Waals surface area contributed by atoms with E-state index < -0.39 is 34.0 Å². The van der Waals surface area contributed by atoms with Gasteiger partial charge in [-0.1, -0.05) is 49.7 Å². The second kappa shape index (κ2) is 13.8. The van der Waals surface area contributed by atoms with Gasteiger partial charge in [-0.05, 0) is 54.8 Å². The maximum absolute atomic E-state index is 13.6. The van der Waals surface area contributed by atoms with Crippen molar-refractivity contribution in [2.24, 2.45) is 0 Å². The molecule has 0 fully saturated rings. The van der Waals surface area contributed by atoms with Gasteiger partial charge in [-0.15, -0.1) is 0 Å². The molecule has 0 amide bonds. The van der Waals surface area contributed by atoms with Crippen molar-refractivity contribution in [3.63, 3.8) is 0 Å². The first kappa shape index (κ1) is 32.1. The number of carboxylic acids is 2. The zero-order valence-corrected chi connectivity index (χ0v) is 22.4. The predicted octanol–water partition coefficient (Wildman–Crippen LogP) is 6.07. The molecule has 0 aliphatic carbocycles. The number of benzene rings is 3. The lowest BCUT2D eigenvalue weighted by Gasteiger charge is -2.27. The first-order valence-corrected chi connectivity index (χ1v) is 13.4. The first-order chi connectivity index (χ1) is 18.7. The minimum absolute atomic E-state index is 0.0156. The Balaban J connectivity index is 0.000000708. The van der Waals surface area contributed by atoms with Crippen molar-refractivity contribution in [2.45, 2.75) is 44.3 Å². The van der Waals surface area contributed by atoms with Crippen LogP contribution in [0.15, 0.2) is 71.6 Å². The van der Waals surface area contributed by atoms with E-state index >= 15 is 0 Å². The normalized spacial score (nSPS) is 11.2. The number of unbranched alkanes of at least 4 members (excludes halogenated alkanes) is 1. The van der Waals surface area contributed by atoms with Gasteiger partial charge in [0.25, 0.3) is 10.0 Å². The molecule has 0 bridgehead atoms. The quantitative estimate of drug-likeness (QED) is 0.247. The summed E-state index contributed by atoms with van der Waals surface area (Å²) in [6.45, 7) is 4.80. The van der Waals surface area contributed by atoms with Crippen LogP contribution in [0.1, 0.15) is 41.3 Å². The number of hydrogen-bond donors (Lipinski definition) is 3. The summed E-state index contributed by atoms with van der Waals surface area (Å²) < 4.78 is 73.4. The molecule has 3 N–H and O–H groups in total. The van der Waals surface area contributed by atoms with Crippen molar-refractivity contribution in [1.29, 1.82) is 0 Å². The molecule has 3 rings (SSSR count). The third kappa shape index (κ3) is 9.26. The summed E-state index contributed by atoms with van der Waals surface area (Å²) in [5, 5.41) is 17.0. The molecule has 0 atom stereocenters. The van der Waals surface area contributed by atoms with Gasteiger partial charge in [-0.25, -0.2) is 22.4 Å². The standard InChI is InChI=1S/C25H27FN2O4S.C2HF3O2/c1-3-4-14-28(17-19-8-6-5-7-9-19)23-13-12-21(16-22(23)25(29)30)27-33(31,32)24-15-20(26)11-10-18(24)2;3-2(4,5)1(6)7/h5-13,15-16,27H,3-4,14,17H2,1-2H3,(H,29,30);(H,6,7). The van der Waals surface area contributed by atoms with Gasteiger partial charge >= 0.3 is 18.1 Å². The number of alkyl halides is 3. The highest BCUT2D eigenvalue weighted by molar-refractivity contribution is 7.92. The zero-order valence-electron chi connectivity index (χ0n) is 21.6. The molecule has 0 saturated heterocycles. The zero-order chi connectivity index (χ0) is 30.1. The van der Waals surface area contributed by atoms with E-state index in [1.807, 2.05) is 35.2 Å². The van der Waals surface area contributed by atoms with Crippen LogP contribution < -0.4 is 9.62 Å². The third-order valence-electron chi connectivity index (χ3n) is 5.50. The molecule has 40 heavy (non-hydrogen) atoms. The monoisotopic (exact) mass is 584 g/mol. The van der Waals surface area contributed by atoms with Crippen LogP contribution in [0.2, 0.25) is 0 Å². The summed E-state index contributed by atoms with van der Waals surface area (Å²) in [5.41, 5.74) is 2.00. The Hall–Kier alpha value is -4.13. The molecule has 0 aliphatic rings. The van der Waals surface area contributed by atoms with Crippen LogP contribution in [0, 0.1) is 12.7 Å². The number of nitrogens with zero attached hydrogens (tertiary/aromatic N) is 1. The Morgan fingerprint density at radius 2 is 1.60 bits per heavy atom. The number of aliphatic carboxylic acids is 1. The summed E-state index contributed by atoms with van der Waals surface area (Å²) >= 11 is 0. The maximum Gasteiger partial charge on any atom is 0.490 e. The molecule has 3 aromatic rings. The van der Waals surface area contributed by atoms with E-state index in [9.17, 15) is 35.9 Å². The molecule has 0 heterocycles. The number of hydrogen-bond acceptors (Lipinski definition) is 5. The molecular formula is C27H28F4N2O6S. The van der Waals surface area contributed by atoms with E-state index in [2.05, 4.69) is 11.6 Å². The van der Waals surface area contributed by atoms with Crippen molar-refractivity contribution in [2.75, 3.05) is 16.2 Å². The molecule has 0 spiro atoms. The van der Waals surface area contributed by atoms with Crippen molar-refractivity contribution >= 4 is 33.3 Å². The van der Waals surface area contributed by atoms with Crippen LogP contribution >= 0.6 is 0 Å². The molecule has 0 saturated carbocycles. The van der Waals surface area contributed by atoms with Crippen molar-refractivity contribution in [1.82, 2.24) is 0 Å². The highest BCUT2D eigenvalue weighted by atomic mass is 32.2. The number of sulfonamides is 1. The van der Waals surface area contributed by atoms with Gasteiger partial charge < -0.3 is 15.1 Å². The number of nitrogens with one attached hydrogen (secondary N) is 1. The van der Waals surface area contributed by atoms with Crippen LogP contribution in [0.4, 0.5) is 28.9 Å². The van der Waals surface area contributed by atoms with E-state index in [0.717, 1.165) is 24.5 Å². The lowest BCUT2D eigenvalue weighted by atomic mass is 10.1. The fraction of sp³-hybridized carbons (Fsp3) is 0.259. The molecule has 0 aromatic heterocycles. The van der Waals surface area contributed by atoms with Crippen molar-refractivity contribution in [3.05, 3.63) is 89.2 Å². The van der Waals surface area contributed by atoms with Crippen molar-refractivity contribution < 1.29 is 45.8 Å². The van der Waals surface area contributed by atoms with E-state index in [4.69, 9.17) is 9.90 Å². The average Bonchev–Trinajstić information content (AvgIpc) is 2.88. The SMILES string of the molecule is CCCCN(Cc1ccccc1)c1ccc(NS(=O)(=O)c2cc(F)ccc2C)cc1C(=O)O.O=C(O)C(F)(F)F. The number of halogens is 4. The summed E-state index contributed by atoms with van der Waals surface area (Å²) in [6, 6.07) is 17.7. The molecule has 8 nitrogen and oxygen atoms in total. The molecule has 3 aromatic carbocycles. The predicted molar refractivity (Wildman–Crippen MR) is 141 cm³/mol. The lowest BCUT2D eigenvalue weighted by Crippen LogP contribution is -2.26. The van der Waals surface area contributed by atoms with Crippen molar-refractivity contribution in [3.8, 4) is 0 Å². The Morgan fingerprint density at radius 1 is 0.975 bits per heavy atom. The maximum atomic E-state index is 13.6.